The number of benzene rings is 7. The van der Waals surface area contributed by atoms with Gasteiger partial charge in [-0.25, -0.2) is 9.97 Å². The molecule has 1 saturated carbocycles. The maximum atomic E-state index is 6.42. The zero-order valence-corrected chi connectivity index (χ0v) is 32.8. The number of hydrogen-bond donors (Lipinski definition) is 0. The van der Waals surface area contributed by atoms with Gasteiger partial charge in [0.15, 0.2) is 11.4 Å². The van der Waals surface area contributed by atoms with E-state index in [4.69, 9.17) is 14.4 Å². The summed E-state index contributed by atoms with van der Waals surface area (Å²) in [6, 6.07) is 57.7. The van der Waals surface area contributed by atoms with Crippen LogP contribution in [0.15, 0.2) is 162 Å². The van der Waals surface area contributed by atoms with Crippen LogP contribution in [0.4, 0.5) is 0 Å². The fourth-order valence-corrected chi connectivity index (χ4v) is 10.8. The lowest BCUT2D eigenvalue weighted by molar-refractivity contribution is 0.353. The van der Waals surface area contributed by atoms with E-state index >= 15 is 0 Å². The molecule has 0 saturated heterocycles. The maximum absolute atomic E-state index is 6.42. The lowest BCUT2D eigenvalue weighted by atomic mass is 9.67. The third-order valence-corrected chi connectivity index (χ3v) is 13.7. The van der Waals surface area contributed by atoms with Crippen molar-refractivity contribution in [3.05, 3.63) is 180 Å². The van der Waals surface area contributed by atoms with Gasteiger partial charge in [-0.1, -0.05) is 154 Å². The van der Waals surface area contributed by atoms with Gasteiger partial charge in [-0.05, 0) is 116 Å². The van der Waals surface area contributed by atoms with Crippen LogP contribution < -0.4 is 0 Å². The van der Waals surface area contributed by atoms with Crippen molar-refractivity contribution >= 4 is 22.1 Å². The summed E-state index contributed by atoms with van der Waals surface area (Å²) in [6.45, 7) is 4.80. The third-order valence-electron chi connectivity index (χ3n) is 13.7. The van der Waals surface area contributed by atoms with Gasteiger partial charge in [-0.3, -0.25) is 0 Å². The molecule has 0 bridgehead atoms. The largest absolute Gasteiger partial charge is 0.452 e. The third kappa shape index (κ3) is 4.86. The number of nitrogens with zero attached hydrogens (tertiary/aromatic N) is 2. The molecule has 2 heterocycles. The first-order valence-corrected chi connectivity index (χ1v) is 20.9. The first-order valence-electron chi connectivity index (χ1n) is 20.9. The molecule has 0 unspecified atom stereocenters. The van der Waals surface area contributed by atoms with Crippen molar-refractivity contribution < 1.29 is 4.42 Å². The summed E-state index contributed by atoms with van der Waals surface area (Å²) in [6.07, 6.45) is 6.36. The average molecular weight is 747 g/mol. The van der Waals surface area contributed by atoms with E-state index < -0.39 is 0 Å². The molecule has 1 fully saturated rings. The van der Waals surface area contributed by atoms with Gasteiger partial charge >= 0.3 is 0 Å². The van der Waals surface area contributed by atoms with E-state index in [9.17, 15) is 0 Å². The summed E-state index contributed by atoms with van der Waals surface area (Å²) >= 11 is 0. The minimum atomic E-state index is -0.0271. The molecule has 0 amide bonds. The maximum Gasteiger partial charge on any atom is 0.180 e. The fraction of sp³-hybridized carbons (Fsp3) is 0.164. The molecule has 3 aliphatic rings. The van der Waals surface area contributed by atoms with E-state index in [-0.39, 0.29) is 10.8 Å². The highest BCUT2D eigenvalue weighted by Crippen LogP contribution is 2.60. The Morgan fingerprint density at radius 2 is 1.09 bits per heavy atom. The highest BCUT2D eigenvalue weighted by Gasteiger charge is 2.46. The lowest BCUT2D eigenvalue weighted by Crippen LogP contribution is -2.28. The van der Waals surface area contributed by atoms with Crippen molar-refractivity contribution in [1.29, 1.82) is 0 Å². The van der Waals surface area contributed by atoms with Crippen LogP contribution in [0.25, 0.3) is 89.2 Å². The SMILES string of the molecule is CC1(C)c2ccccc2-c2cc3c(cc21)-c1cc(-c2cccc(-c4ccc(-c5nc(-c6ccccc6)nc6c5oc5ccccc56)cc4)c2)ccc1C31CCCCC1. The molecule has 2 aromatic heterocycles. The second-order valence-corrected chi connectivity index (χ2v) is 17.2. The van der Waals surface area contributed by atoms with E-state index in [2.05, 4.69) is 135 Å². The van der Waals surface area contributed by atoms with Gasteiger partial charge in [-0.2, -0.15) is 0 Å². The fourth-order valence-electron chi connectivity index (χ4n) is 10.8. The number of para-hydroxylation sites is 1. The molecular formula is C55H42N2O. The molecule has 58 heavy (non-hydrogen) atoms. The van der Waals surface area contributed by atoms with Gasteiger partial charge in [0.2, 0.25) is 0 Å². The average Bonchev–Trinajstić information content (AvgIpc) is 3.86. The van der Waals surface area contributed by atoms with Gasteiger partial charge in [-0.15, -0.1) is 0 Å². The minimum Gasteiger partial charge on any atom is -0.452 e. The van der Waals surface area contributed by atoms with Crippen LogP contribution in [0.5, 0.6) is 0 Å². The number of furan rings is 1. The first-order chi connectivity index (χ1) is 28.5. The quantitative estimate of drug-likeness (QED) is 0.180. The molecule has 3 nitrogen and oxygen atoms in total. The summed E-state index contributed by atoms with van der Waals surface area (Å²) in [4.78, 5) is 10.1. The predicted octanol–water partition coefficient (Wildman–Crippen LogP) is 14.6. The second-order valence-electron chi connectivity index (χ2n) is 17.2. The molecule has 3 aliphatic carbocycles. The summed E-state index contributed by atoms with van der Waals surface area (Å²) < 4.78 is 6.42. The normalized spacial score (nSPS) is 15.7. The van der Waals surface area contributed by atoms with Crippen molar-refractivity contribution in [3.8, 4) is 67.2 Å². The molecule has 278 valence electrons. The zero-order chi connectivity index (χ0) is 38.6. The van der Waals surface area contributed by atoms with Crippen LogP contribution in [-0.4, -0.2) is 9.97 Å². The van der Waals surface area contributed by atoms with Gasteiger partial charge in [0.25, 0.3) is 0 Å². The van der Waals surface area contributed by atoms with Crippen molar-refractivity contribution in [2.75, 3.05) is 0 Å². The van der Waals surface area contributed by atoms with E-state index in [1.54, 1.807) is 5.56 Å². The molecule has 1 spiro atoms. The molecule has 0 radical (unpaired) electrons. The smallest absolute Gasteiger partial charge is 0.180 e. The summed E-state index contributed by atoms with van der Waals surface area (Å²) in [5.41, 5.74) is 21.8. The van der Waals surface area contributed by atoms with E-state index in [1.165, 1.54) is 87.7 Å². The predicted molar refractivity (Wildman–Crippen MR) is 238 cm³/mol. The van der Waals surface area contributed by atoms with Gasteiger partial charge in [0, 0.05) is 27.3 Å². The van der Waals surface area contributed by atoms with E-state index in [1.807, 2.05) is 36.4 Å². The van der Waals surface area contributed by atoms with Crippen LogP contribution in [0.2, 0.25) is 0 Å². The number of hydrogen-bond acceptors (Lipinski definition) is 3. The van der Waals surface area contributed by atoms with Crippen molar-refractivity contribution in [3.63, 3.8) is 0 Å². The Hall–Kier alpha value is -6.58. The van der Waals surface area contributed by atoms with Crippen molar-refractivity contribution in [1.82, 2.24) is 9.97 Å². The number of rotatable bonds is 4. The summed E-state index contributed by atoms with van der Waals surface area (Å²) in [7, 11) is 0. The molecule has 0 atom stereocenters. The van der Waals surface area contributed by atoms with Crippen LogP contribution in [0.3, 0.4) is 0 Å². The summed E-state index contributed by atoms with van der Waals surface area (Å²) in [5.74, 6) is 0.691. The Labute approximate surface area is 339 Å². The van der Waals surface area contributed by atoms with Crippen molar-refractivity contribution in [2.24, 2.45) is 0 Å². The van der Waals surface area contributed by atoms with Crippen LogP contribution in [0, 0.1) is 0 Å². The molecular weight excluding hydrogens is 705 g/mol. The highest BCUT2D eigenvalue weighted by molar-refractivity contribution is 6.07. The molecule has 9 aromatic rings. The topological polar surface area (TPSA) is 38.9 Å². The highest BCUT2D eigenvalue weighted by atomic mass is 16.3. The standard InChI is InChI=1S/C55H42N2O/c1-54(2)45-20-9-7-18-40(45)43-33-48-44(32-47(43)54)42-31-39(26-27-46(42)55(48)28-11-4-12-29-55)38-17-13-16-37(30-38)34-22-24-35(25-23-34)50-52-51(41-19-8-10-21-49(41)58-52)57-53(56-50)36-14-5-3-6-15-36/h3,5-10,13-27,30-33H,4,11-12,28-29H2,1-2H3. The summed E-state index contributed by atoms with van der Waals surface area (Å²) in [5, 5.41) is 0.994. The minimum absolute atomic E-state index is 0.0271. The molecule has 3 heteroatoms. The van der Waals surface area contributed by atoms with Crippen LogP contribution in [0.1, 0.15) is 68.2 Å². The van der Waals surface area contributed by atoms with Gasteiger partial charge < -0.3 is 4.42 Å². The Balaban J connectivity index is 0.932. The molecule has 0 aliphatic heterocycles. The first kappa shape index (κ1) is 33.5. The Morgan fingerprint density at radius 1 is 0.448 bits per heavy atom. The van der Waals surface area contributed by atoms with E-state index in [0.29, 0.717) is 11.4 Å². The van der Waals surface area contributed by atoms with Gasteiger partial charge in [0.05, 0.1) is 0 Å². The molecule has 12 rings (SSSR count). The Kier molecular flexibility index (Phi) is 7.21. The van der Waals surface area contributed by atoms with Crippen molar-refractivity contribution in [2.45, 2.75) is 56.8 Å². The molecule has 0 N–H and O–H groups in total. The second kappa shape index (κ2) is 12.5. The van der Waals surface area contributed by atoms with Crippen LogP contribution in [-0.2, 0) is 10.8 Å². The zero-order valence-electron chi connectivity index (χ0n) is 32.8. The Bertz CT molecular complexity index is 3110. The number of aromatic nitrogens is 2. The number of fused-ring (bicyclic) bond motifs is 11. The van der Waals surface area contributed by atoms with E-state index in [0.717, 1.165) is 38.9 Å². The Morgan fingerprint density at radius 3 is 1.93 bits per heavy atom. The lowest BCUT2D eigenvalue weighted by Gasteiger charge is -2.36. The van der Waals surface area contributed by atoms with Crippen LogP contribution >= 0.6 is 0 Å². The monoisotopic (exact) mass is 746 g/mol. The van der Waals surface area contributed by atoms with Gasteiger partial charge in [0.1, 0.15) is 16.8 Å². The molecule has 7 aromatic carbocycles.